The van der Waals surface area contributed by atoms with E-state index in [2.05, 4.69) is 35.8 Å². The van der Waals surface area contributed by atoms with Crippen molar-refractivity contribution in [2.24, 2.45) is 5.92 Å². The smallest absolute Gasteiger partial charge is 0.109 e. The van der Waals surface area contributed by atoms with E-state index in [-0.39, 0.29) is 0 Å². The van der Waals surface area contributed by atoms with Crippen molar-refractivity contribution >= 4 is 11.0 Å². The fourth-order valence-electron chi connectivity index (χ4n) is 2.53. The second-order valence-electron chi connectivity index (χ2n) is 4.78. The van der Waals surface area contributed by atoms with Gasteiger partial charge < -0.3 is 4.57 Å². The van der Waals surface area contributed by atoms with Crippen LogP contribution in [-0.4, -0.2) is 9.55 Å². The summed E-state index contributed by atoms with van der Waals surface area (Å²) in [7, 11) is 0. The largest absolute Gasteiger partial charge is 0.328 e. The highest BCUT2D eigenvalue weighted by molar-refractivity contribution is 5.75. The molecule has 1 heterocycles. The highest BCUT2D eigenvalue weighted by atomic mass is 15.1. The molecule has 3 rings (SSSR count). The van der Waals surface area contributed by atoms with Crippen molar-refractivity contribution in [2.45, 2.75) is 39.2 Å². The first-order chi connectivity index (χ1) is 7.88. The third-order valence-corrected chi connectivity index (χ3v) is 3.72. The number of benzene rings is 1. The predicted octanol–water partition coefficient (Wildman–Crippen LogP) is 3.40. The summed E-state index contributed by atoms with van der Waals surface area (Å²) in [5.74, 6) is 2.14. The lowest BCUT2D eigenvalue weighted by Gasteiger charge is -2.26. The van der Waals surface area contributed by atoms with Crippen LogP contribution in [0.25, 0.3) is 11.0 Å². The summed E-state index contributed by atoms with van der Waals surface area (Å²) < 4.78 is 2.43. The molecule has 0 unspecified atom stereocenters. The molecule has 1 aromatic carbocycles. The maximum Gasteiger partial charge on any atom is 0.109 e. The number of hydrogen-bond acceptors (Lipinski definition) is 1. The molecule has 1 saturated carbocycles. The van der Waals surface area contributed by atoms with Gasteiger partial charge in [-0.15, -0.1) is 0 Å². The Balaban J connectivity index is 2.04. The predicted molar refractivity (Wildman–Crippen MR) is 66.5 cm³/mol. The lowest BCUT2D eigenvalue weighted by Crippen LogP contribution is -2.19. The Labute approximate surface area is 96.3 Å². The molecule has 0 radical (unpaired) electrons. The average molecular weight is 214 g/mol. The number of rotatable bonds is 3. The molecule has 1 fully saturated rings. The van der Waals surface area contributed by atoms with E-state index in [1.165, 1.54) is 37.1 Å². The molecule has 0 saturated heterocycles. The molecule has 2 heteroatoms. The SMILES string of the molecule is CCc1nc2ccccc2n1CC1CCC1. The summed E-state index contributed by atoms with van der Waals surface area (Å²) in [6.45, 7) is 3.36. The van der Waals surface area contributed by atoms with Crippen LogP contribution in [-0.2, 0) is 13.0 Å². The molecule has 16 heavy (non-hydrogen) atoms. The molecule has 0 spiro atoms. The fraction of sp³-hybridized carbons (Fsp3) is 0.500. The van der Waals surface area contributed by atoms with E-state index in [1.807, 2.05) is 0 Å². The average Bonchev–Trinajstić information content (AvgIpc) is 2.61. The number of hydrogen-bond donors (Lipinski definition) is 0. The number of nitrogens with zero attached hydrogens (tertiary/aromatic N) is 2. The maximum absolute atomic E-state index is 4.71. The van der Waals surface area contributed by atoms with Gasteiger partial charge in [0, 0.05) is 13.0 Å². The molecule has 0 bridgehead atoms. The minimum atomic E-state index is 0.892. The molecule has 1 aliphatic rings. The molecular formula is C14H18N2. The Kier molecular flexibility index (Phi) is 2.43. The monoisotopic (exact) mass is 214 g/mol. The Bertz CT molecular complexity index is 494. The quantitative estimate of drug-likeness (QED) is 0.765. The topological polar surface area (TPSA) is 17.8 Å². The minimum Gasteiger partial charge on any atom is -0.328 e. The van der Waals surface area contributed by atoms with Crippen LogP contribution in [0.15, 0.2) is 24.3 Å². The molecule has 2 aromatic rings. The lowest BCUT2D eigenvalue weighted by atomic mass is 9.85. The van der Waals surface area contributed by atoms with Gasteiger partial charge in [0.25, 0.3) is 0 Å². The normalized spacial score (nSPS) is 16.6. The minimum absolute atomic E-state index is 0.892. The first kappa shape index (κ1) is 9.88. The van der Waals surface area contributed by atoms with E-state index < -0.39 is 0 Å². The molecule has 0 atom stereocenters. The number of fused-ring (bicyclic) bond motifs is 1. The molecule has 1 aliphatic carbocycles. The van der Waals surface area contributed by atoms with Gasteiger partial charge in [-0.25, -0.2) is 4.98 Å². The van der Waals surface area contributed by atoms with Gasteiger partial charge in [0.15, 0.2) is 0 Å². The van der Waals surface area contributed by atoms with Crippen molar-refractivity contribution in [3.63, 3.8) is 0 Å². The molecular weight excluding hydrogens is 196 g/mol. The van der Waals surface area contributed by atoms with E-state index >= 15 is 0 Å². The van der Waals surface area contributed by atoms with Gasteiger partial charge in [-0.2, -0.15) is 0 Å². The van der Waals surface area contributed by atoms with Crippen molar-refractivity contribution in [1.82, 2.24) is 9.55 Å². The zero-order valence-corrected chi connectivity index (χ0v) is 9.82. The van der Waals surface area contributed by atoms with Crippen LogP contribution in [0, 0.1) is 5.92 Å². The summed E-state index contributed by atoms with van der Waals surface area (Å²) in [6, 6.07) is 8.50. The molecule has 0 aliphatic heterocycles. The van der Waals surface area contributed by atoms with Crippen LogP contribution in [0.3, 0.4) is 0 Å². The summed E-state index contributed by atoms with van der Waals surface area (Å²) >= 11 is 0. The second-order valence-corrected chi connectivity index (χ2v) is 4.78. The van der Waals surface area contributed by atoms with Gasteiger partial charge in [-0.3, -0.25) is 0 Å². The van der Waals surface area contributed by atoms with E-state index in [0.29, 0.717) is 0 Å². The molecule has 0 amide bonds. The van der Waals surface area contributed by atoms with E-state index in [9.17, 15) is 0 Å². The Morgan fingerprint density at radius 2 is 2.12 bits per heavy atom. The van der Waals surface area contributed by atoms with Crippen molar-refractivity contribution in [1.29, 1.82) is 0 Å². The number of aromatic nitrogens is 2. The van der Waals surface area contributed by atoms with Crippen LogP contribution in [0.2, 0.25) is 0 Å². The van der Waals surface area contributed by atoms with Crippen LogP contribution < -0.4 is 0 Å². The van der Waals surface area contributed by atoms with Gasteiger partial charge in [-0.1, -0.05) is 25.5 Å². The van der Waals surface area contributed by atoms with Gasteiger partial charge in [-0.05, 0) is 30.9 Å². The highest BCUT2D eigenvalue weighted by Gasteiger charge is 2.20. The van der Waals surface area contributed by atoms with E-state index in [4.69, 9.17) is 4.98 Å². The highest BCUT2D eigenvalue weighted by Crippen LogP contribution is 2.29. The third-order valence-electron chi connectivity index (χ3n) is 3.72. The van der Waals surface area contributed by atoms with E-state index in [1.54, 1.807) is 0 Å². The van der Waals surface area contributed by atoms with Gasteiger partial charge in [0.05, 0.1) is 11.0 Å². The first-order valence-corrected chi connectivity index (χ1v) is 6.32. The zero-order valence-electron chi connectivity index (χ0n) is 9.82. The van der Waals surface area contributed by atoms with Crippen molar-refractivity contribution in [3.8, 4) is 0 Å². The summed E-state index contributed by atoms with van der Waals surface area (Å²) in [5, 5.41) is 0. The molecule has 2 nitrogen and oxygen atoms in total. The standard InChI is InChI=1S/C14H18N2/c1-2-14-15-12-8-3-4-9-13(12)16(14)10-11-6-5-7-11/h3-4,8-9,11H,2,5-7,10H2,1H3. The number of aryl methyl sites for hydroxylation is 1. The lowest BCUT2D eigenvalue weighted by molar-refractivity contribution is 0.277. The summed E-state index contributed by atoms with van der Waals surface area (Å²) in [4.78, 5) is 4.71. The van der Waals surface area contributed by atoms with Crippen molar-refractivity contribution < 1.29 is 0 Å². The van der Waals surface area contributed by atoms with Crippen LogP contribution in [0.5, 0.6) is 0 Å². The zero-order chi connectivity index (χ0) is 11.0. The van der Waals surface area contributed by atoms with Gasteiger partial charge in [0.2, 0.25) is 0 Å². The third kappa shape index (κ3) is 1.53. The van der Waals surface area contributed by atoms with Crippen molar-refractivity contribution in [3.05, 3.63) is 30.1 Å². The fourth-order valence-corrected chi connectivity index (χ4v) is 2.53. The summed E-state index contributed by atoms with van der Waals surface area (Å²) in [5.41, 5.74) is 2.46. The summed E-state index contributed by atoms with van der Waals surface area (Å²) in [6.07, 6.45) is 5.24. The molecule has 1 aromatic heterocycles. The molecule has 84 valence electrons. The molecule has 0 N–H and O–H groups in total. The first-order valence-electron chi connectivity index (χ1n) is 6.32. The Morgan fingerprint density at radius 1 is 1.31 bits per heavy atom. The second kappa shape index (κ2) is 3.93. The van der Waals surface area contributed by atoms with Crippen LogP contribution in [0.4, 0.5) is 0 Å². The number of para-hydroxylation sites is 2. The van der Waals surface area contributed by atoms with Crippen molar-refractivity contribution in [2.75, 3.05) is 0 Å². The van der Waals surface area contributed by atoms with Crippen LogP contribution >= 0.6 is 0 Å². The van der Waals surface area contributed by atoms with Gasteiger partial charge in [0.1, 0.15) is 5.82 Å². The number of imidazole rings is 1. The maximum atomic E-state index is 4.71. The van der Waals surface area contributed by atoms with Crippen LogP contribution in [0.1, 0.15) is 32.0 Å². The van der Waals surface area contributed by atoms with E-state index in [0.717, 1.165) is 17.9 Å². The van der Waals surface area contributed by atoms with Gasteiger partial charge >= 0.3 is 0 Å². The Morgan fingerprint density at radius 3 is 2.81 bits per heavy atom. The Hall–Kier alpha value is -1.31.